The van der Waals surface area contributed by atoms with Crippen LogP contribution < -0.4 is 5.32 Å². The number of piperidine rings is 1. The number of carbonyl (C=O) groups is 2. The van der Waals surface area contributed by atoms with Gasteiger partial charge in [0.2, 0.25) is 5.91 Å². The number of carbonyl (C=O) groups excluding carboxylic acids is 2. The van der Waals surface area contributed by atoms with Gasteiger partial charge in [-0.05, 0) is 49.4 Å². The maximum atomic E-state index is 12.7. The van der Waals surface area contributed by atoms with E-state index in [1.165, 1.54) is 0 Å². The van der Waals surface area contributed by atoms with Gasteiger partial charge in [-0.25, -0.2) is 0 Å². The summed E-state index contributed by atoms with van der Waals surface area (Å²) in [5.41, 5.74) is 1.69. The van der Waals surface area contributed by atoms with E-state index in [0.717, 1.165) is 37.8 Å². The van der Waals surface area contributed by atoms with Crippen molar-refractivity contribution in [3.63, 3.8) is 0 Å². The Balaban J connectivity index is 1.37. The van der Waals surface area contributed by atoms with Gasteiger partial charge >= 0.3 is 0 Å². The fraction of sp³-hybridized carbons (Fsp3) is 0.450. The van der Waals surface area contributed by atoms with Crippen molar-refractivity contribution in [2.45, 2.75) is 38.3 Å². The molecule has 4 rings (SSSR count). The van der Waals surface area contributed by atoms with Crippen LogP contribution in [0.5, 0.6) is 0 Å². The third-order valence-electron chi connectivity index (χ3n) is 5.09. The molecule has 2 amide bonds. The molecule has 6 nitrogen and oxygen atoms in total. The smallest absolute Gasteiger partial charge is 0.251 e. The zero-order valence-electron chi connectivity index (χ0n) is 14.8. The number of rotatable bonds is 5. The molecule has 0 spiro atoms. The van der Waals surface area contributed by atoms with Crippen molar-refractivity contribution in [2.75, 3.05) is 13.1 Å². The summed E-state index contributed by atoms with van der Waals surface area (Å²) in [4.78, 5) is 26.8. The fourth-order valence-corrected chi connectivity index (χ4v) is 3.54. The number of benzene rings is 1. The molecule has 6 heteroatoms. The first-order valence-electron chi connectivity index (χ1n) is 9.35. The minimum atomic E-state index is -0.0713. The van der Waals surface area contributed by atoms with Crippen LogP contribution in [0.25, 0.3) is 0 Å². The quantitative estimate of drug-likeness (QED) is 0.896. The topological polar surface area (TPSA) is 67.2 Å². The second-order valence-electron chi connectivity index (χ2n) is 7.28. The zero-order chi connectivity index (χ0) is 17.9. The number of aromatic nitrogens is 2. The number of nitrogens with one attached hydrogen (secondary N) is 1. The summed E-state index contributed by atoms with van der Waals surface area (Å²) in [6.45, 7) is 2.09. The Labute approximate surface area is 153 Å². The van der Waals surface area contributed by atoms with Crippen LogP contribution in [0.3, 0.4) is 0 Å². The Morgan fingerprint density at radius 3 is 2.85 bits per heavy atom. The molecule has 1 saturated heterocycles. The van der Waals surface area contributed by atoms with Crippen LogP contribution in [-0.4, -0.2) is 45.6 Å². The molecule has 0 unspecified atom stereocenters. The number of hydrogen-bond acceptors (Lipinski definition) is 3. The molecule has 1 aliphatic heterocycles. The molecule has 136 valence electrons. The molecule has 0 radical (unpaired) electrons. The van der Waals surface area contributed by atoms with Gasteiger partial charge in [-0.3, -0.25) is 14.3 Å². The summed E-state index contributed by atoms with van der Waals surface area (Å²) in [5.74, 6) is 0.437. The average Bonchev–Trinajstić information content (AvgIpc) is 3.39. The van der Waals surface area contributed by atoms with Crippen molar-refractivity contribution in [1.82, 2.24) is 20.0 Å². The minimum Gasteiger partial charge on any atom is -0.348 e. The van der Waals surface area contributed by atoms with E-state index < -0.39 is 0 Å². The number of likely N-dealkylation sites (tertiary alicyclic amines) is 1. The summed E-state index contributed by atoms with van der Waals surface area (Å²) in [6, 6.07) is 9.56. The highest BCUT2D eigenvalue weighted by Crippen LogP contribution is 2.31. The number of nitrogens with zero attached hydrogens (tertiary/aromatic N) is 3. The first-order chi connectivity index (χ1) is 12.7. The maximum absolute atomic E-state index is 12.7. The summed E-state index contributed by atoms with van der Waals surface area (Å²) in [5, 5.41) is 7.31. The SMILES string of the molecule is O=C(N[C@H]1CCCN(C(=O)C2CC2)C1)c1cccc(Cn2cccn2)c1. The molecular weight excluding hydrogens is 328 g/mol. The monoisotopic (exact) mass is 352 g/mol. The van der Waals surface area contributed by atoms with Crippen LogP contribution in [0.2, 0.25) is 0 Å². The molecule has 1 aromatic heterocycles. The second kappa shape index (κ2) is 7.32. The Morgan fingerprint density at radius 1 is 1.19 bits per heavy atom. The van der Waals surface area contributed by atoms with Crippen LogP contribution in [0.4, 0.5) is 0 Å². The van der Waals surface area contributed by atoms with Gasteiger partial charge < -0.3 is 10.2 Å². The highest BCUT2D eigenvalue weighted by Gasteiger charge is 2.35. The molecule has 0 bridgehead atoms. The molecule has 1 saturated carbocycles. The van der Waals surface area contributed by atoms with Crippen LogP contribution in [0, 0.1) is 5.92 Å². The van der Waals surface area contributed by atoms with Gasteiger partial charge in [0.25, 0.3) is 5.91 Å². The predicted octanol–water partition coefficient (Wildman–Crippen LogP) is 2.06. The Hall–Kier alpha value is -2.63. The Bertz CT molecular complexity index is 783. The third kappa shape index (κ3) is 3.95. The van der Waals surface area contributed by atoms with E-state index in [2.05, 4.69) is 10.4 Å². The molecule has 1 N–H and O–H groups in total. The second-order valence-corrected chi connectivity index (χ2v) is 7.28. The molecule has 2 heterocycles. The summed E-state index contributed by atoms with van der Waals surface area (Å²) < 4.78 is 1.83. The van der Waals surface area contributed by atoms with E-state index in [-0.39, 0.29) is 23.8 Å². The van der Waals surface area contributed by atoms with E-state index in [0.29, 0.717) is 18.7 Å². The predicted molar refractivity (Wildman–Crippen MR) is 97.6 cm³/mol. The van der Waals surface area contributed by atoms with Gasteiger partial charge in [-0.15, -0.1) is 0 Å². The van der Waals surface area contributed by atoms with Crippen molar-refractivity contribution in [2.24, 2.45) is 5.92 Å². The van der Waals surface area contributed by atoms with E-state index in [1.807, 2.05) is 46.1 Å². The van der Waals surface area contributed by atoms with Gasteiger partial charge in [0, 0.05) is 43.0 Å². The van der Waals surface area contributed by atoms with Crippen molar-refractivity contribution in [1.29, 1.82) is 0 Å². The summed E-state index contributed by atoms with van der Waals surface area (Å²) in [6.07, 6.45) is 7.56. The van der Waals surface area contributed by atoms with Crippen molar-refractivity contribution < 1.29 is 9.59 Å². The van der Waals surface area contributed by atoms with Crippen LogP contribution in [0.1, 0.15) is 41.6 Å². The Morgan fingerprint density at radius 2 is 2.08 bits per heavy atom. The molecule has 1 aliphatic carbocycles. The lowest BCUT2D eigenvalue weighted by Crippen LogP contribution is -2.50. The normalized spacial score (nSPS) is 20.0. The summed E-state index contributed by atoms with van der Waals surface area (Å²) in [7, 11) is 0. The lowest BCUT2D eigenvalue weighted by molar-refractivity contribution is -0.133. The molecule has 1 aromatic carbocycles. The molecule has 26 heavy (non-hydrogen) atoms. The maximum Gasteiger partial charge on any atom is 0.251 e. The van der Waals surface area contributed by atoms with Crippen LogP contribution in [-0.2, 0) is 11.3 Å². The molecule has 1 atom stereocenters. The molecule has 2 fully saturated rings. The molecule has 2 aromatic rings. The van der Waals surface area contributed by atoms with Gasteiger partial charge in [0.1, 0.15) is 0 Å². The molecular formula is C20H24N4O2. The first kappa shape index (κ1) is 16.8. The average molecular weight is 352 g/mol. The fourth-order valence-electron chi connectivity index (χ4n) is 3.54. The zero-order valence-corrected chi connectivity index (χ0v) is 14.8. The first-order valence-corrected chi connectivity index (χ1v) is 9.35. The lowest BCUT2D eigenvalue weighted by Gasteiger charge is -2.33. The third-order valence-corrected chi connectivity index (χ3v) is 5.09. The van der Waals surface area contributed by atoms with Crippen LogP contribution >= 0.6 is 0 Å². The van der Waals surface area contributed by atoms with E-state index in [4.69, 9.17) is 0 Å². The van der Waals surface area contributed by atoms with E-state index in [9.17, 15) is 9.59 Å². The van der Waals surface area contributed by atoms with Crippen LogP contribution in [0.15, 0.2) is 42.7 Å². The number of hydrogen-bond donors (Lipinski definition) is 1. The van der Waals surface area contributed by atoms with Crippen molar-refractivity contribution in [3.05, 3.63) is 53.9 Å². The standard InChI is InChI=1S/C20H24N4O2/c25-19(17-5-1-4-15(12-17)13-24-11-3-9-21-24)22-18-6-2-10-23(14-18)20(26)16-7-8-16/h1,3-5,9,11-12,16,18H,2,6-8,10,13-14H2,(H,22,25)/t18-/m0/s1. The van der Waals surface area contributed by atoms with Gasteiger partial charge in [0.15, 0.2) is 0 Å². The van der Waals surface area contributed by atoms with E-state index in [1.54, 1.807) is 6.20 Å². The highest BCUT2D eigenvalue weighted by molar-refractivity contribution is 5.94. The Kier molecular flexibility index (Phi) is 4.73. The largest absolute Gasteiger partial charge is 0.348 e. The minimum absolute atomic E-state index is 0.0359. The van der Waals surface area contributed by atoms with Crippen molar-refractivity contribution >= 4 is 11.8 Å². The summed E-state index contributed by atoms with van der Waals surface area (Å²) >= 11 is 0. The van der Waals surface area contributed by atoms with Crippen molar-refractivity contribution in [3.8, 4) is 0 Å². The van der Waals surface area contributed by atoms with Gasteiger partial charge in [0.05, 0.1) is 6.54 Å². The van der Waals surface area contributed by atoms with Gasteiger partial charge in [-0.1, -0.05) is 12.1 Å². The lowest BCUT2D eigenvalue weighted by atomic mass is 10.0. The molecule has 2 aliphatic rings. The van der Waals surface area contributed by atoms with E-state index >= 15 is 0 Å². The number of amides is 2. The highest BCUT2D eigenvalue weighted by atomic mass is 16.2. The van der Waals surface area contributed by atoms with Gasteiger partial charge in [-0.2, -0.15) is 5.10 Å².